The molecule has 0 N–H and O–H groups in total. The second kappa shape index (κ2) is 27.4. The molecule has 0 fully saturated rings. The number of carboxylic acids is 1. The standard InChI is InChI=1S/C35H63NO7/c1-6-8-9-10-11-12-13-14-15-16-17-18-19-20-21-22-23-24-26-34(38)43-31(30-42-33(37)25-7-2)29-41-28-27-32(35(39)40)36(3,4)5/h12-13,15-16,31-32H,6-11,14,17-30H2,1-5H3/b13-12-,16-15-. The number of quaternary nitrogens is 1. The Morgan fingerprint density at radius 3 is 1.84 bits per heavy atom. The molecule has 8 nitrogen and oxygen atoms in total. The first kappa shape index (κ1) is 40.8. The summed E-state index contributed by atoms with van der Waals surface area (Å²) in [5.41, 5.74) is 0. The van der Waals surface area contributed by atoms with Gasteiger partial charge in [-0.25, -0.2) is 0 Å². The third-order valence-electron chi connectivity index (χ3n) is 7.31. The molecule has 0 saturated heterocycles. The monoisotopic (exact) mass is 609 g/mol. The van der Waals surface area contributed by atoms with Crippen LogP contribution in [0.15, 0.2) is 24.3 Å². The molecular formula is C35H63NO7. The van der Waals surface area contributed by atoms with Gasteiger partial charge in [0.25, 0.3) is 0 Å². The van der Waals surface area contributed by atoms with Gasteiger partial charge < -0.3 is 28.6 Å². The van der Waals surface area contributed by atoms with E-state index in [1.807, 2.05) is 6.92 Å². The van der Waals surface area contributed by atoms with Gasteiger partial charge >= 0.3 is 11.9 Å². The Morgan fingerprint density at radius 1 is 0.698 bits per heavy atom. The van der Waals surface area contributed by atoms with E-state index in [0.29, 0.717) is 19.3 Å². The van der Waals surface area contributed by atoms with Gasteiger partial charge in [-0.2, -0.15) is 0 Å². The highest BCUT2D eigenvalue weighted by Gasteiger charge is 2.25. The van der Waals surface area contributed by atoms with Crippen molar-refractivity contribution in [3.63, 3.8) is 0 Å². The zero-order valence-electron chi connectivity index (χ0n) is 28.1. The zero-order chi connectivity index (χ0) is 32.2. The number of aliphatic carboxylic acids is 1. The van der Waals surface area contributed by atoms with E-state index >= 15 is 0 Å². The van der Waals surface area contributed by atoms with Gasteiger partial charge in [0.1, 0.15) is 12.6 Å². The number of carbonyl (C=O) groups excluding carboxylic acids is 3. The van der Waals surface area contributed by atoms with E-state index in [9.17, 15) is 19.5 Å². The first-order chi connectivity index (χ1) is 20.6. The fourth-order valence-corrected chi connectivity index (χ4v) is 4.67. The summed E-state index contributed by atoms with van der Waals surface area (Å²) in [7, 11) is 5.36. The second-order valence-corrected chi connectivity index (χ2v) is 12.4. The lowest BCUT2D eigenvalue weighted by Gasteiger charge is -2.34. The zero-order valence-corrected chi connectivity index (χ0v) is 28.1. The number of likely N-dealkylation sites (N-methyl/N-ethyl adjacent to an activating group) is 1. The molecule has 0 aromatic heterocycles. The molecule has 0 aliphatic carbocycles. The molecule has 250 valence electrons. The lowest BCUT2D eigenvalue weighted by Crippen LogP contribution is -2.55. The molecule has 2 unspecified atom stereocenters. The van der Waals surface area contributed by atoms with Crippen LogP contribution in [-0.2, 0) is 28.6 Å². The van der Waals surface area contributed by atoms with Crippen molar-refractivity contribution in [2.24, 2.45) is 0 Å². The molecule has 0 aromatic carbocycles. The highest BCUT2D eigenvalue weighted by Crippen LogP contribution is 2.12. The van der Waals surface area contributed by atoms with Crippen molar-refractivity contribution in [1.29, 1.82) is 0 Å². The van der Waals surface area contributed by atoms with Gasteiger partial charge in [0, 0.05) is 19.3 Å². The largest absolute Gasteiger partial charge is 0.544 e. The highest BCUT2D eigenvalue weighted by atomic mass is 16.6. The molecule has 0 aliphatic heterocycles. The van der Waals surface area contributed by atoms with E-state index in [0.717, 1.165) is 32.1 Å². The van der Waals surface area contributed by atoms with Gasteiger partial charge in [0.05, 0.1) is 40.3 Å². The smallest absolute Gasteiger partial charge is 0.306 e. The lowest BCUT2D eigenvalue weighted by molar-refractivity contribution is -0.889. The normalized spacial score (nSPS) is 13.4. The number of carboxylic acid groups (broad SMARTS) is 1. The van der Waals surface area contributed by atoms with Gasteiger partial charge in [-0.15, -0.1) is 0 Å². The van der Waals surface area contributed by atoms with Gasteiger partial charge in [-0.1, -0.05) is 89.5 Å². The van der Waals surface area contributed by atoms with E-state index in [-0.39, 0.29) is 42.7 Å². The minimum Gasteiger partial charge on any atom is -0.544 e. The van der Waals surface area contributed by atoms with Gasteiger partial charge in [0.2, 0.25) is 0 Å². The summed E-state index contributed by atoms with van der Waals surface area (Å²) < 4.78 is 16.6. The summed E-state index contributed by atoms with van der Waals surface area (Å²) in [5.74, 6) is -1.81. The Balaban J connectivity index is 4.11. The molecule has 43 heavy (non-hydrogen) atoms. The van der Waals surface area contributed by atoms with Crippen LogP contribution in [0.2, 0.25) is 0 Å². The molecule has 0 aliphatic rings. The number of ether oxygens (including phenoxy) is 3. The summed E-state index contributed by atoms with van der Waals surface area (Å²) in [6.45, 7) is 4.26. The molecule has 2 atom stereocenters. The molecule has 0 amide bonds. The summed E-state index contributed by atoms with van der Waals surface area (Å²) in [6.07, 6.45) is 26.3. The predicted octanol–water partition coefficient (Wildman–Crippen LogP) is 6.46. The van der Waals surface area contributed by atoms with Crippen LogP contribution in [0.1, 0.15) is 129 Å². The number of nitrogens with zero attached hydrogens (tertiary/aromatic N) is 1. The quantitative estimate of drug-likeness (QED) is 0.0415. The van der Waals surface area contributed by atoms with Crippen molar-refractivity contribution in [1.82, 2.24) is 0 Å². The maximum absolute atomic E-state index is 12.4. The number of rotatable bonds is 29. The van der Waals surface area contributed by atoms with Crippen LogP contribution in [0.4, 0.5) is 0 Å². The van der Waals surface area contributed by atoms with Gasteiger partial charge in [-0.3, -0.25) is 9.59 Å². The molecule has 8 heteroatoms. The van der Waals surface area contributed by atoms with Gasteiger partial charge in [0.15, 0.2) is 6.10 Å². The Bertz CT molecular complexity index is 773. The average molecular weight is 610 g/mol. The molecule has 0 aromatic rings. The van der Waals surface area contributed by atoms with Crippen molar-refractivity contribution in [3.05, 3.63) is 24.3 Å². The van der Waals surface area contributed by atoms with E-state index in [2.05, 4.69) is 31.2 Å². The van der Waals surface area contributed by atoms with Crippen molar-refractivity contribution < 1.29 is 38.2 Å². The minimum atomic E-state index is -1.13. The van der Waals surface area contributed by atoms with Crippen LogP contribution in [0.25, 0.3) is 0 Å². The van der Waals surface area contributed by atoms with Crippen molar-refractivity contribution >= 4 is 17.9 Å². The number of hydrogen-bond acceptors (Lipinski definition) is 7. The first-order valence-corrected chi connectivity index (χ1v) is 16.9. The lowest BCUT2D eigenvalue weighted by atomic mass is 10.1. The maximum atomic E-state index is 12.4. The van der Waals surface area contributed by atoms with Crippen LogP contribution in [-0.4, -0.2) is 75.5 Å². The molecule has 0 saturated carbocycles. The Morgan fingerprint density at radius 2 is 1.28 bits per heavy atom. The third kappa shape index (κ3) is 26.0. The second-order valence-electron chi connectivity index (χ2n) is 12.4. The molecule has 0 spiro atoms. The summed E-state index contributed by atoms with van der Waals surface area (Å²) in [4.78, 5) is 35.7. The van der Waals surface area contributed by atoms with E-state index in [4.69, 9.17) is 14.2 Å². The maximum Gasteiger partial charge on any atom is 0.306 e. The van der Waals surface area contributed by atoms with Crippen LogP contribution in [0.5, 0.6) is 0 Å². The minimum absolute atomic E-state index is 0.0348. The fraction of sp³-hybridized carbons (Fsp3) is 0.800. The Hall–Kier alpha value is -2.19. The molecule has 0 heterocycles. The van der Waals surface area contributed by atoms with Crippen molar-refractivity contribution in [2.75, 3.05) is 41.0 Å². The number of unbranched alkanes of at least 4 members (excludes halogenated alkanes) is 11. The Kier molecular flexibility index (Phi) is 26.0. The molecule has 0 rings (SSSR count). The number of carbonyl (C=O) groups is 3. The fourth-order valence-electron chi connectivity index (χ4n) is 4.67. The summed E-state index contributed by atoms with van der Waals surface area (Å²) in [5, 5.41) is 11.4. The van der Waals surface area contributed by atoms with E-state index in [1.54, 1.807) is 21.1 Å². The predicted molar refractivity (Wildman–Crippen MR) is 171 cm³/mol. The highest BCUT2D eigenvalue weighted by molar-refractivity contribution is 5.70. The number of hydrogen-bond donors (Lipinski definition) is 0. The summed E-state index contributed by atoms with van der Waals surface area (Å²) >= 11 is 0. The topological polar surface area (TPSA) is 102 Å². The van der Waals surface area contributed by atoms with E-state index < -0.39 is 18.1 Å². The van der Waals surface area contributed by atoms with Crippen molar-refractivity contribution in [2.45, 2.75) is 142 Å². The van der Waals surface area contributed by atoms with Crippen LogP contribution in [0.3, 0.4) is 0 Å². The SMILES string of the molecule is CCCCCC/C=C\C/C=C\CCCCCCCCCC(=O)OC(COCCC(C(=O)[O-])[N+](C)(C)C)COC(=O)CCC. The number of allylic oxidation sites excluding steroid dienone is 4. The third-order valence-corrected chi connectivity index (χ3v) is 7.31. The number of esters is 2. The van der Waals surface area contributed by atoms with Crippen LogP contribution >= 0.6 is 0 Å². The Labute approximate surface area is 262 Å². The first-order valence-electron chi connectivity index (χ1n) is 16.9. The molecule has 0 radical (unpaired) electrons. The van der Waals surface area contributed by atoms with Crippen LogP contribution in [0, 0.1) is 0 Å². The van der Waals surface area contributed by atoms with Gasteiger partial charge in [-0.05, 0) is 44.9 Å². The molecular weight excluding hydrogens is 546 g/mol. The average Bonchev–Trinajstić information content (AvgIpc) is 2.94. The van der Waals surface area contributed by atoms with Crippen LogP contribution < -0.4 is 5.11 Å². The summed E-state index contributed by atoms with van der Waals surface area (Å²) in [6, 6.07) is -0.720. The van der Waals surface area contributed by atoms with Crippen molar-refractivity contribution in [3.8, 4) is 0 Å². The van der Waals surface area contributed by atoms with E-state index in [1.165, 1.54) is 57.8 Å². The molecule has 0 bridgehead atoms.